The Morgan fingerprint density at radius 1 is 0.806 bits per heavy atom. The highest BCUT2D eigenvalue weighted by atomic mass is 19.4. The van der Waals surface area contributed by atoms with Crippen molar-refractivity contribution >= 4 is 6.08 Å². The molecule has 5 heteroatoms. The van der Waals surface area contributed by atoms with Gasteiger partial charge in [-0.05, 0) is 86.0 Å². The van der Waals surface area contributed by atoms with Crippen molar-refractivity contribution in [1.29, 1.82) is 0 Å². The molecule has 2 aliphatic rings. The van der Waals surface area contributed by atoms with E-state index < -0.39 is 23.4 Å². The van der Waals surface area contributed by atoms with Gasteiger partial charge in [-0.3, -0.25) is 0 Å². The van der Waals surface area contributed by atoms with Crippen molar-refractivity contribution < 1.29 is 22.0 Å². The predicted molar refractivity (Wildman–Crippen MR) is 116 cm³/mol. The first-order valence-corrected chi connectivity index (χ1v) is 12.0. The first-order valence-electron chi connectivity index (χ1n) is 12.0. The molecular weight excluding hydrogens is 407 g/mol. The topological polar surface area (TPSA) is 0 Å². The third kappa shape index (κ3) is 7.32. The normalized spacial score (nSPS) is 27.7. The summed E-state index contributed by atoms with van der Waals surface area (Å²) in [5.41, 5.74) is -0.106. The number of allylic oxidation sites excluding steroid dienone is 1. The summed E-state index contributed by atoms with van der Waals surface area (Å²) in [6.45, 7) is 2.27. The molecule has 2 fully saturated rings. The Morgan fingerprint density at radius 2 is 1.29 bits per heavy atom. The summed E-state index contributed by atoms with van der Waals surface area (Å²) < 4.78 is 65.1. The second-order valence-electron chi connectivity index (χ2n) is 9.74. The van der Waals surface area contributed by atoms with E-state index in [1.54, 1.807) is 0 Å². The van der Waals surface area contributed by atoms with E-state index in [0.717, 1.165) is 24.2 Å². The Balaban J connectivity index is 1.45. The first-order chi connectivity index (χ1) is 14.7. The molecule has 0 saturated heterocycles. The lowest BCUT2D eigenvalue weighted by Gasteiger charge is -2.38. The molecule has 2 aliphatic carbocycles. The maximum atomic E-state index is 14.1. The largest absolute Gasteiger partial charge is 0.409 e. The van der Waals surface area contributed by atoms with Crippen LogP contribution in [0.15, 0.2) is 18.2 Å². The Hall–Kier alpha value is -1.39. The number of hydrogen-bond donors (Lipinski definition) is 0. The van der Waals surface area contributed by atoms with E-state index in [0.29, 0.717) is 24.0 Å². The van der Waals surface area contributed by atoms with E-state index in [-0.39, 0.29) is 6.08 Å². The maximum Gasteiger partial charge on any atom is 0.409 e. The molecule has 0 aliphatic heterocycles. The maximum absolute atomic E-state index is 14.1. The lowest BCUT2D eigenvalue weighted by atomic mass is 9.68. The lowest BCUT2D eigenvalue weighted by Crippen LogP contribution is -2.26. The third-order valence-electron chi connectivity index (χ3n) is 7.57. The van der Waals surface area contributed by atoms with Crippen LogP contribution in [0.2, 0.25) is 0 Å². The Labute approximate surface area is 183 Å². The van der Waals surface area contributed by atoms with Gasteiger partial charge >= 0.3 is 6.18 Å². The molecule has 0 spiro atoms. The zero-order valence-corrected chi connectivity index (χ0v) is 18.5. The van der Waals surface area contributed by atoms with Gasteiger partial charge in [0.2, 0.25) is 0 Å². The van der Waals surface area contributed by atoms with Crippen LogP contribution in [-0.4, -0.2) is 6.18 Å². The SMILES string of the molecule is CCCC1CCC(C2CCC(CCc3cc(F)c(/C=C/C(F)(F)F)c(F)c3)CC2)CC1. The number of aryl methyl sites for hydroxylation is 1. The number of benzene rings is 1. The summed E-state index contributed by atoms with van der Waals surface area (Å²) in [5.74, 6) is 1.37. The van der Waals surface area contributed by atoms with Crippen molar-refractivity contribution in [1.82, 2.24) is 0 Å². The van der Waals surface area contributed by atoms with Gasteiger partial charge in [-0.2, -0.15) is 13.2 Å². The second kappa shape index (κ2) is 11.0. The molecule has 3 rings (SSSR count). The van der Waals surface area contributed by atoms with Gasteiger partial charge < -0.3 is 0 Å². The Morgan fingerprint density at radius 3 is 1.74 bits per heavy atom. The van der Waals surface area contributed by atoms with Crippen molar-refractivity contribution in [3.8, 4) is 0 Å². The average molecular weight is 443 g/mol. The summed E-state index contributed by atoms with van der Waals surface area (Å²) >= 11 is 0. The molecule has 0 aromatic heterocycles. The fraction of sp³-hybridized carbons (Fsp3) is 0.692. The van der Waals surface area contributed by atoms with Gasteiger partial charge in [-0.25, -0.2) is 8.78 Å². The van der Waals surface area contributed by atoms with Crippen LogP contribution in [0.25, 0.3) is 6.08 Å². The van der Waals surface area contributed by atoms with E-state index >= 15 is 0 Å². The van der Waals surface area contributed by atoms with Gasteiger partial charge in [0.1, 0.15) is 11.6 Å². The highest BCUT2D eigenvalue weighted by Gasteiger charge is 2.30. The molecule has 174 valence electrons. The Kier molecular flexibility index (Phi) is 8.58. The highest BCUT2D eigenvalue weighted by molar-refractivity contribution is 5.52. The minimum absolute atomic E-state index is 0.136. The van der Waals surface area contributed by atoms with Gasteiger partial charge in [0.25, 0.3) is 0 Å². The minimum atomic E-state index is -4.59. The van der Waals surface area contributed by atoms with E-state index in [4.69, 9.17) is 0 Å². The zero-order chi connectivity index (χ0) is 22.4. The fourth-order valence-corrected chi connectivity index (χ4v) is 5.79. The molecule has 0 bridgehead atoms. The van der Waals surface area contributed by atoms with Crippen LogP contribution in [0.4, 0.5) is 22.0 Å². The van der Waals surface area contributed by atoms with Crippen molar-refractivity contribution in [2.45, 2.75) is 90.1 Å². The zero-order valence-electron chi connectivity index (χ0n) is 18.5. The molecule has 0 N–H and O–H groups in total. The molecule has 2 saturated carbocycles. The van der Waals surface area contributed by atoms with Crippen LogP contribution >= 0.6 is 0 Å². The molecule has 1 aromatic carbocycles. The van der Waals surface area contributed by atoms with Gasteiger partial charge in [0.15, 0.2) is 0 Å². The quantitative estimate of drug-likeness (QED) is 0.370. The molecule has 0 radical (unpaired) electrons. The van der Waals surface area contributed by atoms with Crippen molar-refractivity contribution in [2.24, 2.45) is 23.7 Å². The first kappa shape index (κ1) is 24.3. The summed E-state index contributed by atoms with van der Waals surface area (Å²) in [7, 11) is 0. The average Bonchev–Trinajstić information content (AvgIpc) is 2.72. The molecule has 0 nitrogen and oxygen atoms in total. The standard InChI is InChI=1S/C26H35F5/c1-2-3-18-6-10-21(11-7-18)22-12-8-19(9-13-22)4-5-20-16-24(27)23(25(28)17-20)14-15-26(29,30)31/h14-19,21-22H,2-13H2,1H3/b15-14+. The van der Waals surface area contributed by atoms with Gasteiger partial charge in [0.05, 0.1) is 0 Å². The number of rotatable bonds is 7. The minimum Gasteiger partial charge on any atom is -0.206 e. The van der Waals surface area contributed by atoms with Crippen LogP contribution in [-0.2, 0) is 6.42 Å². The molecule has 0 unspecified atom stereocenters. The lowest BCUT2D eigenvalue weighted by molar-refractivity contribution is -0.0790. The monoisotopic (exact) mass is 442 g/mol. The van der Waals surface area contributed by atoms with E-state index in [1.165, 1.54) is 76.3 Å². The summed E-state index contributed by atoms with van der Waals surface area (Å²) in [4.78, 5) is 0. The number of alkyl halides is 3. The summed E-state index contributed by atoms with van der Waals surface area (Å²) in [5, 5.41) is 0. The van der Waals surface area contributed by atoms with E-state index in [9.17, 15) is 22.0 Å². The van der Waals surface area contributed by atoms with Crippen molar-refractivity contribution in [3.05, 3.63) is 41.0 Å². The molecule has 0 amide bonds. The van der Waals surface area contributed by atoms with Crippen molar-refractivity contribution in [2.75, 3.05) is 0 Å². The van der Waals surface area contributed by atoms with Crippen LogP contribution in [0.3, 0.4) is 0 Å². The number of halogens is 5. The van der Waals surface area contributed by atoms with Crippen LogP contribution in [0, 0.1) is 35.3 Å². The highest BCUT2D eigenvalue weighted by Crippen LogP contribution is 2.43. The molecule has 0 atom stereocenters. The third-order valence-corrected chi connectivity index (χ3v) is 7.57. The smallest absolute Gasteiger partial charge is 0.206 e. The molecule has 1 aromatic rings. The van der Waals surface area contributed by atoms with Crippen LogP contribution < -0.4 is 0 Å². The van der Waals surface area contributed by atoms with Crippen LogP contribution in [0.5, 0.6) is 0 Å². The van der Waals surface area contributed by atoms with Gasteiger partial charge in [-0.1, -0.05) is 45.4 Å². The molecular formula is C26H35F5. The van der Waals surface area contributed by atoms with Crippen molar-refractivity contribution in [3.63, 3.8) is 0 Å². The Bertz CT molecular complexity index is 697. The predicted octanol–water partition coefficient (Wildman–Crippen LogP) is 8.89. The van der Waals surface area contributed by atoms with Crippen LogP contribution in [0.1, 0.15) is 88.7 Å². The summed E-state index contributed by atoms with van der Waals surface area (Å²) in [6.07, 6.45) is 10.3. The van der Waals surface area contributed by atoms with Gasteiger partial charge in [-0.15, -0.1) is 0 Å². The fourth-order valence-electron chi connectivity index (χ4n) is 5.79. The second-order valence-corrected chi connectivity index (χ2v) is 9.74. The van der Waals surface area contributed by atoms with Gasteiger partial charge in [0, 0.05) is 11.6 Å². The van der Waals surface area contributed by atoms with E-state index in [2.05, 4.69) is 6.92 Å². The molecule has 0 heterocycles. The summed E-state index contributed by atoms with van der Waals surface area (Å²) in [6, 6.07) is 2.36. The van der Waals surface area contributed by atoms with E-state index in [1.807, 2.05) is 0 Å². The molecule has 31 heavy (non-hydrogen) atoms. The number of hydrogen-bond acceptors (Lipinski definition) is 0.